The summed E-state index contributed by atoms with van der Waals surface area (Å²) in [6.45, 7) is -0.400. The number of carbonyl (C=O) groups is 1. The molecule has 0 bridgehead atoms. The van der Waals surface area contributed by atoms with Crippen LogP contribution in [-0.2, 0) is 11.3 Å². The minimum absolute atomic E-state index is 0.0158. The molecule has 148 valence electrons. The van der Waals surface area contributed by atoms with Crippen molar-refractivity contribution in [2.45, 2.75) is 12.9 Å². The molecule has 4 rings (SSSR count). The molecular weight excluding hydrogens is 391 g/mol. The van der Waals surface area contributed by atoms with E-state index in [-0.39, 0.29) is 11.3 Å². The van der Waals surface area contributed by atoms with E-state index in [1.54, 1.807) is 24.3 Å². The quantitative estimate of drug-likeness (QED) is 0.562. The number of anilines is 1. The van der Waals surface area contributed by atoms with E-state index in [0.29, 0.717) is 16.5 Å². The van der Waals surface area contributed by atoms with Crippen LogP contribution < -0.4 is 15.6 Å². The predicted octanol–water partition coefficient (Wildman–Crippen LogP) is 3.68. The summed E-state index contributed by atoms with van der Waals surface area (Å²) in [5.41, 5.74) is 0.440. The van der Waals surface area contributed by atoms with Gasteiger partial charge in [-0.05, 0) is 24.3 Å². The number of amides is 1. The third kappa shape index (κ3) is 3.91. The molecule has 0 spiro atoms. The molecule has 2 aromatic heterocycles. The Morgan fingerprint density at radius 3 is 2.76 bits per heavy atom. The fourth-order valence-corrected chi connectivity index (χ4v) is 2.85. The Morgan fingerprint density at radius 2 is 1.97 bits per heavy atom. The van der Waals surface area contributed by atoms with E-state index in [9.17, 15) is 22.8 Å². The molecule has 0 saturated heterocycles. The summed E-state index contributed by atoms with van der Waals surface area (Å²) in [4.78, 5) is 29.0. The van der Waals surface area contributed by atoms with Crippen LogP contribution in [0.25, 0.3) is 22.1 Å². The Balaban J connectivity index is 1.55. The van der Waals surface area contributed by atoms with Crippen molar-refractivity contribution in [2.75, 3.05) is 5.32 Å². The maximum absolute atomic E-state index is 12.6. The molecule has 0 fully saturated rings. The van der Waals surface area contributed by atoms with Crippen molar-refractivity contribution in [3.8, 4) is 5.75 Å². The van der Waals surface area contributed by atoms with Gasteiger partial charge in [-0.2, -0.15) is 0 Å². The average Bonchev–Trinajstić information content (AvgIpc) is 3.02. The van der Waals surface area contributed by atoms with Gasteiger partial charge in [0.1, 0.15) is 23.4 Å². The smallest absolute Gasteiger partial charge is 0.448 e. The van der Waals surface area contributed by atoms with Crippen LogP contribution in [-0.4, -0.2) is 21.8 Å². The van der Waals surface area contributed by atoms with Gasteiger partial charge in [0.05, 0.1) is 6.33 Å². The van der Waals surface area contributed by atoms with Crippen molar-refractivity contribution in [2.24, 2.45) is 0 Å². The number of furan rings is 1. The first-order valence-corrected chi connectivity index (χ1v) is 8.32. The van der Waals surface area contributed by atoms with Crippen LogP contribution >= 0.6 is 0 Å². The topological polar surface area (TPSA) is 86.4 Å². The molecule has 0 radical (unpaired) electrons. The standard InChI is InChI=1S/C19H12F3N3O4/c20-19(21,22)29-12-5-3-4-11(8-12)24-15(26)9-25-10-23-16-13-6-1-2-7-14(13)28-17(16)18(25)27/h1-8,10H,9H2,(H,24,26). The SMILES string of the molecule is O=C(Cn1cnc2c(oc3ccccc32)c1=O)Nc1cccc(OC(F)(F)F)c1. The molecule has 4 aromatic rings. The van der Waals surface area contributed by atoms with Gasteiger partial charge in [-0.3, -0.25) is 14.2 Å². The van der Waals surface area contributed by atoms with Crippen molar-refractivity contribution in [1.29, 1.82) is 0 Å². The lowest BCUT2D eigenvalue weighted by molar-refractivity contribution is -0.274. The van der Waals surface area contributed by atoms with E-state index in [1.807, 2.05) is 0 Å². The molecule has 1 amide bonds. The predicted molar refractivity (Wildman–Crippen MR) is 97.5 cm³/mol. The van der Waals surface area contributed by atoms with Gasteiger partial charge < -0.3 is 14.5 Å². The molecule has 0 saturated carbocycles. The maximum Gasteiger partial charge on any atom is 0.573 e. The van der Waals surface area contributed by atoms with E-state index >= 15 is 0 Å². The Labute approximate surface area is 160 Å². The van der Waals surface area contributed by atoms with E-state index in [1.165, 1.54) is 18.5 Å². The van der Waals surface area contributed by atoms with E-state index < -0.39 is 30.1 Å². The average molecular weight is 403 g/mol. The highest BCUT2D eigenvalue weighted by molar-refractivity contribution is 6.01. The lowest BCUT2D eigenvalue weighted by Gasteiger charge is -2.11. The van der Waals surface area contributed by atoms with Crippen molar-refractivity contribution < 1.29 is 27.1 Å². The molecule has 0 unspecified atom stereocenters. The number of alkyl halides is 3. The lowest BCUT2D eigenvalue weighted by Crippen LogP contribution is -2.27. The van der Waals surface area contributed by atoms with Gasteiger partial charge in [-0.1, -0.05) is 18.2 Å². The van der Waals surface area contributed by atoms with Crippen LogP contribution in [0.3, 0.4) is 0 Å². The van der Waals surface area contributed by atoms with Gasteiger partial charge in [-0.15, -0.1) is 13.2 Å². The number of carbonyl (C=O) groups excluding carboxylic acids is 1. The third-order valence-corrected chi connectivity index (χ3v) is 4.02. The Bertz CT molecular complexity index is 1280. The summed E-state index contributed by atoms with van der Waals surface area (Å²) in [6.07, 6.45) is -3.63. The summed E-state index contributed by atoms with van der Waals surface area (Å²) >= 11 is 0. The van der Waals surface area contributed by atoms with Crippen LogP contribution in [0.5, 0.6) is 5.75 Å². The fourth-order valence-electron chi connectivity index (χ4n) is 2.85. The van der Waals surface area contributed by atoms with E-state index in [4.69, 9.17) is 4.42 Å². The van der Waals surface area contributed by atoms with Gasteiger partial charge >= 0.3 is 6.36 Å². The number of nitrogens with one attached hydrogen (secondary N) is 1. The fraction of sp³-hybridized carbons (Fsp3) is 0.105. The van der Waals surface area contributed by atoms with Crippen molar-refractivity contribution in [1.82, 2.24) is 9.55 Å². The first-order chi connectivity index (χ1) is 13.8. The Morgan fingerprint density at radius 1 is 1.17 bits per heavy atom. The zero-order valence-corrected chi connectivity index (χ0v) is 14.6. The van der Waals surface area contributed by atoms with Gasteiger partial charge in [0.25, 0.3) is 5.56 Å². The molecule has 0 aliphatic heterocycles. The zero-order valence-electron chi connectivity index (χ0n) is 14.6. The largest absolute Gasteiger partial charge is 0.573 e. The van der Waals surface area contributed by atoms with Crippen LogP contribution in [0.2, 0.25) is 0 Å². The molecule has 10 heteroatoms. The number of ether oxygens (including phenoxy) is 1. The molecule has 2 heterocycles. The maximum atomic E-state index is 12.6. The molecule has 0 aliphatic carbocycles. The number of benzene rings is 2. The van der Waals surface area contributed by atoms with Gasteiger partial charge in [0.15, 0.2) is 0 Å². The number of hydrogen-bond donors (Lipinski definition) is 1. The summed E-state index contributed by atoms with van der Waals surface area (Å²) < 4.78 is 47.3. The Kier molecular flexibility index (Phi) is 4.45. The second-order valence-electron chi connectivity index (χ2n) is 6.08. The van der Waals surface area contributed by atoms with E-state index in [0.717, 1.165) is 16.7 Å². The number of aromatic nitrogens is 2. The summed E-state index contributed by atoms with van der Waals surface area (Å²) in [5.74, 6) is -1.11. The molecular formula is C19H12F3N3O4. The monoisotopic (exact) mass is 403 g/mol. The first-order valence-electron chi connectivity index (χ1n) is 8.32. The van der Waals surface area contributed by atoms with Crippen LogP contribution in [0.15, 0.2) is 64.1 Å². The minimum atomic E-state index is -4.84. The number of rotatable bonds is 4. The third-order valence-electron chi connectivity index (χ3n) is 4.02. The van der Waals surface area contributed by atoms with Gasteiger partial charge in [0.2, 0.25) is 11.5 Å². The Hall–Kier alpha value is -3.82. The minimum Gasteiger partial charge on any atom is -0.448 e. The van der Waals surface area contributed by atoms with Crippen molar-refractivity contribution >= 4 is 33.7 Å². The molecule has 0 atom stereocenters. The molecule has 2 aromatic carbocycles. The molecule has 7 nitrogen and oxygen atoms in total. The second kappa shape index (κ2) is 6.97. The van der Waals surface area contributed by atoms with Crippen LogP contribution in [0.1, 0.15) is 0 Å². The zero-order chi connectivity index (χ0) is 20.6. The molecule has 0 aliphatic rings. The highest BCUT2D eigenvalue weighted by Crippen LogP contribution is 2.25. The van der Waals surface area contributed by atoms with Crippen molar-refractivity contribution in [3.05, 3.63) is 65.2 Å². The number of para-hydroxylation sites is 1. The normalized spacial score (nSPS) is 11.7. The lowest BCUT2D eigenvalue weighted by atomic mass is 10.2. The number of hydrogen-bond acceptors (Lipinski definition) is 5. The number of halogens is 3. The second-order valence-corrected chi connectivity index (χ2v) is 6.08. The summed E-state index contributed by atoms with van der Waals surface area (Å²) in [6, 6.07) is 11.8. The molecule has 1 N–H and O–H groups in total. The molecule has 29 heavy (non-hydrogen) atoms. The summed E-state index contributed by atoms with van der Waals surface area (Å²) in [7, 11) is 0. The first kappa shape index (κ1) is 18.5. The summed E-state index contributed by atoms with van der Waals surface area (Å²) in [5, 5.41) is 3.09. The van der Waals surface area contributed by atoms with Crippen LogP contribution in [0, 0.1) is 0 Å². The van der Waals surface area contributed by atoms with E-state index in [2.05, 4.69) is 15.0 Å². The number of fused-ring (bicyclic) bond motifs is 3. The highest BCUT2D eigenvalue weighted by Gasteiger charge is 2.31. The van der Waals surface area contributed by atoms with Gasteiger partial charge in [0, 0.05) is 17.1 Å². The number of nitrogens with zero attached hydrogens (tertiary/aromatic N) is 2. The van der Waals surface area contributed by atoms with Crippen LogP contribution in [0.4, 0.5) is 18.9 Å². The van der Waals surface area contributed by atoms with Gasteiger partial charge in [-0.25, -0.2) is 4.98 Å². The highest BCUT2D eigenvalue weighted by atomic mass is 19.4. The van der Waals surface area contributed by atoms with Crippen molar-refractivity contribution in [3.63, 3.8) is 0 Å².